The van der Waals surface area contributed by atoms with Crippen LogP contribution in [0.5, 0.6) is 11.5 Å². The molecule has 1 aromatic heterocycles. The number of hydrogen-bond donors (Lipinski definition) is 0. The van der Waals surface area contributed by atoms with Crippen LogP contribution in [-0.2, 0) is 9.53 Å². The molecular weight excluding hydrogens is 376 g/mol. The first kappa shape index (κ1) is 18.7. The summed E-state index contributed by atoms with van der Waals surface area (Å²) in [5.74, 6) is 1.31. The molecule has 0 bridgehead atoms. The third kappa shape index (κ3) is 4.26. The second kappa shape index (κ2) is 8.58. The lowest BCUT2D eigenvalue weighted by Crippen LogP contribution is -2.40. The van der Waals surface area contributed by atoms with Gasteiger partial charge in [-0.1, -0.05) is 29.5 Å². The summed E-state index contributed by atoms with van der Waals surface area (Å²) in [7, 11) is 1.64. The molecule has 1 aliphatic rings. The van der Waals surface area contributed by atoms with Gasteiger partial charge in [0.25, 0.3) is 5.91 Å². The van der Waals surface area contributed by atoms with Crippen LogP contribution < -0.4 is 14.4 Å². The van der Waals surface area contributed by atoms with E-state index in [0.29, 0.717) is 17.4 Å². The number of ether oxygens (including phenoxy) is 3. The van der Waals surface area contributed by atoms with Crippen LogP contribution in [-0.4, -0.2) is 43.9 Å². The largest absolute Gasteiger partial charge is 0.497 e. The molecule has 3 aromatic rings. The van der Waals surface area contributed by atoms with E-state index in [0.717, 1.165) is 35.4 Å². The molecule has 1 unspecified atom stereocenters. The highest BCUT2D eigenvalue weighted by Crippen LogP contribution is 2.32. The van der Waals surface area contributed by atoms with Crippen LogP contribution in [0.4, 0.5) is 5.13 Å². The molecule has 6 nitrogen and oxygen atoms in total. The number of fused-ring (bicyclic) bond motifs is 1. The molecule has 0 spiro atoms. The zero-order valence-electron chi connectivity index (χ0n) is 15.7. The van der Waals surface area contributed by atoms with Crippen LogP contribution in [0.15, 0.2) is 48.5 Å². The summed E-state index contributed by atoms with van der Waals surface area (Å²) in [6, 6.07) is 15.1. The van der Waals surface area contributed by atoms with E-state index < -0.39 is 0 Å². The van der Waals surface area contributed by atoms with Crippen molar-refractivity contribution in [3.8, 4) is 11.5 Å². The highest BCUT2D eigenvalue weighted by Gasteiger charge is 2.26. The molecular formula is C21H22N2O4S. The van der Waals surface area contributed by atoms with E-state index in [1.165, 1.54) is 11.3 Å². The van der Waals surface area contributed by atoms with Crippen molar-refractivity contribution in [3.05, 3.63) is 48.5 Å². The fourth-order valence-electron chi connectivity index (χ4n) is 3.15. The minimum atomic E-state index is -0.134. The van der Waals surface area contributed by atoms with Gasteiger partial charge < -0.3 is 14.2 Å². The Balaban J connectivity index is 1.56. The van der Waals surface area contributed by atoms with Crippen molar-refractivity contribution in [1.29, 1.82) is 0 Å². The van der Waals surface area contributed by atoms with Crippen LogP contribution in [0.25, 0.3) is 10.2 Å². The zero-order chi connectivity index (χ0) is 19.3. The molecule has 0 N–H and O–H groups in total. The molecule has 1 aliphatic heterocycles. The molecule has 0 aliphatic carbocycles. The molecule has 1 atom stereocenters. The van der Waals surface area contributed by atoms with Gasteiger partial charge in [-0.2, -0.15) is 0 Å². The number of anilines is 1. The average molecular weight is 398 g/mol. The maximum Gasteiger partial charge on any atom is 0.266 e. The molecule has 28 heavy (non-hydrogen) atoms. The van der Waals surface area contributed by atoms with Crippen molar-refractivity contribution in [1.82, 2.24) is 4.98 Å². The van der Waals surface area contributed by atoms with Crippen LogP contribution >= 0.6 is 11.3 Å². The molecule has 1 fully saturated rings. The maximum absolute atomic E-state index is 13.0. The number of benzene rings is 2. The highest BCUT2D eigenvalue weighted by atomic mass is 32.1. The normalized spacial score (nSPS) is 16.2. The summed E-state index contributed by atoms with van der Waals surface area (Å²) in [4.78, 5) is 19.3. The van der Waals surface area contributed by atoms with Gasteiger partial charge in [0.2, 0.25) is 0 Å². The Kier molecular flexibility index (Phi) is 5.73. The van der Waals surface area contributed by atoms with E-state index >= 15 is 0 Å². The van der Waals surface area contributed by atoms with Crippen molar-refractivity contribution in [2.24, 2.45) is 0 Å². The Bertz CT molecular complexity index is 938. The zero-order valence-corrected chi connectivity index (χ0v) is 16.5. The van der Waals surface area contributed by atoms with E-state index in [9.17, 15) is 4.79 Å². The molecule has 0 saturated carbocycles. The maximum atomic E-state index is 13.0. The Hall–Kier alpha value is -2.64. The summed E-state index contributed by atoms with van der Waals surface area (Å²) in [5.41, 5.74) is 0.843. The first-order valence-corrected chi connectivity index (χ1v) is 10.1. The van der Waals surface area contributed by atoms with E-state index in [-0.39, 0.29) is 18.6 Å². The van der Waals surface area contributed by atoms with Crippen molar-refractivity contribution in [3.63, 3.8) is 0 Å². The van der Waals surface area contributed by atoms with Crippen LogP contribution in [0.2, 0.25) is 0 Å². The SMILES string of the molecule is COc1ccc2nc(N(CC3CCCO3)C(=O)COc3ccccc3)sc2c1. The summed E-state index contributed by atoms with van der Waals surface area (Å²) in [5, 5.41) is 0.653. The summed E-state index contributed by atoms with van der Waals surface area (Å²) in [6.07, 6.45) is 1.99. The second-order valence-electron chi connectivity index (χ2n) is 6.57. The fraction of sp³-hybridized carbons (Fsp3) is 0.333. The summed E-state index contributed by atoms with van der Waals surface area (Å²) >= 11 is 1.47. The van der Waals surface area contributed by atoms with Crippen molar-refractivity contribution < 1.29 is 19.0 Å². The fourth-order valence-corrected chi connectivity index (χ4v) is 4.17. The number of amides is 1. The number of aromatic nitrogens is 1. The van der Waals surface area contributed by atoms with E-state index in [1.54, 1.807) is 12.0 Å². The lowest BCUT2D eigenvalue weighted by molar-refractivity contribution is -0.120. The second-order valence-corrected chi connectivity index (χ2v) is 7.58. The van der Waals surface area contributed by atoms with Crippen LogP contribution in [0.1, 0.15) is 12.8 Å². The lowest BCUT2D eigenvalue weighted by atomic mass is 10.2. The van der Waals surface area contributed by atoms with E-state index in [1.807, 2.05) is 48.5 Å². The Morgan fingerprint density at radius 2 is 2.11 bits per heavy atom. The molecule has 7 heteroatoms. The average Bonchev–Trinajstić information content (AvgIpc) is 3.39. The molecule has 2 aromatic carbocycles. The molecule has 0 radical (unpaired) electrons. The van der Waals surface area contributed by atoms with Gasteiger partial charge in [-0.05, 0) is 43.2 Å². The number of thiazole rings is 1. The Morgan fingerprint density at radius 3 is 2.86 bits per heavy atom. The highest BCUT2D eigenvalue weighted by molar-refractivity contribution is 7.22. The smallest absolute Gasteiger partial charge is 0.266 e. The predicted molar refractivity (Wildman–Crippen MR) is 109 cm³/mol. The number of carbonyl (C=O) groups is 1. The van der Waals surface area contributed by atoms with Gasteiger partial charge in [0, 0.05) is 6.61 Å². The minimum absolute atomic E-state index is 0.0298. The van der Waals surface area contributed by atoms with E-state index in [2.05, 4.69) is 4.98 Å². The third-order valence-corrected chi connectivity index (χ3v) is 5.67. The Labute approximate surface area is 167 Å². The standard InChI is InChI=1S/C21H22N2O4S/c1-25-16-9-10-18-19(12-16)28-21(22-18)23(13-17-8-5-11-26-17)20(24)14-27-15-6-3-2-4-7-15/h2-4,6-7,9-10,12,17H,5,8,11,13-14H2,1H3. The number of rotatable bonds is 7. The molecule has 1 saturated heterocycles. The first-order chi connectivity index (χ1) is 13.7. The quantitative estimate of drug-likeness (QED) is 0.604. The predicted octanol–water partition coefficient (Wildman–Crippen LogP) is 3.90. The van der Waals surface area contributed by atoms with Gasteiger partial charge in [0.1, 0.15) is 11.5 Å². The minimum Gasteiger partial charge on any atom is -0.497 e. The Morgan fingerprint density at radius 1 is 1.25 bits per heavy atom. The molecule has 2 heterocycles. The molecule has 1 amide bonds. The van der Waals surface area contributed by atoms with Crippen molar-refractivity contribution in [2.75, 3.05) is 31.8 Å². The van der Waals surface area contributed by atoms with Crippen LogP contribution in [0.3, 0.4) is 0 Å². The molecule has 146 valence electrons. The van der Waals surface area contributed by atoms with Gasteiger partial charge in [-0.25, -0.2) is 4.98 Å². The van der Waals surface area contributed by atoms with Crippen LogP contribution in [0, 0.1) is 0 Å². The van der Waals surface area contributed by atoms with E-state index in [4.69, 9.17) is 14.2 Å². The lowest BCUT2D eigenvalue weighted by Gasteiger charge is -2.23. The van der Waals surface area contributed by atoms with Crippen molar-refractivity contribution in [2.45, 2.75) is 18.9 Å². The van der Waals surface area contributed by atoms with Gasteiger partial charge in [-0.15, -0.1) is 0 Å². The summed E-state index contributed by atoms with van der Waals surface area (Å²) < 4.78 is 17.7. The number of carbonyl (C=O) groups excluding carboxylic acids is 1. The number of para-hydroxylation sites is 1. The monoisotopic (exact) mass is 398 g/mol. The topological polar surface area (TPSA) is 60.9 Å². The van der Waals surface area contributed by atoms with Gasteiger partial charge >= 0.3 is 0 Å². The van der Waals surface area contributed by atoms with Gasteiger partial charge in [0.15, 0.2) is 11.7 Å². The number of hydrogen-bond acceptors (Lipinski definition) is 6. The number of methoxy groups -OCH3 is 1. The molecule has 4 rings (SSSR count). The third-order valence-electron chi connectivity index (χ3n) is 4.63. The van der Waals surface area contributed by atoms with Gasteiger partial charge in [0.05, 0.1) is 30.0 Å². The van der Waals surface area contributed by atoms with Gasteiger partial charge in [-0.3, -0.25) is 9.69 Å². The van der Waals surface area contributed by atoms with Crippen molar-refractivity contribution >= 4 is 32.6 Å². The first-order valence-electron chi connectivity index (χ1n) is 9.27. The summed E-state index contributed by atoms with van der Waals surface area (Å²) in [6.45, 7) is 1.17. The number of nitrogens with zero attached hydrogens (tertiary/aromatic N) is 2.